The quantitative estimate of drug-likeness (QED) is 0.451. The summed E-state index contributed by atoms with van der Waals surface area (Å²) in [6, 6.07) is 15.7. The molecule has 0 spiro atoms. The zero-order valence-electron chi connectivity index (χ0n) is 16.6. The number of carbonyl (C=O) groups excluding carboxylic acids is 1. The number of nitrogens with one attached hydrogen (secondary N) is 2. The highest BCUT2D eigenvalue weighted by atomic mass is 19.4. The van der Waals surface area contributed by atoms with Gasteiger partial charge < -0.3 is 4.74 Å². The van der Waals surface area contributed by atoms with Crippen LogP contribution in [-0.2, 0) is 23.8 Å². The molecular weight excluding hydrogens is 421 g/mol. The summed E-state index contributed by atoms with van der Waals surface area (Å²) in [4.78, 5) is 15.7. The molecule has 162 valence electrons. The molecule has 0 saturated carbocycles. The number of alkyl halides is 3. The van der Waals surface area contributed by atoms with Crippen molar-refractivity contribution in [2.45, 2.75) is 25.1 Å². The molecule has 1 aliphatic rings. The average molecular weight is 438 g/mol. The van der Waals surface area contributed by atoms with Gasteiger partial charge in [0.05, 0.1) is 5.52 Å². The number of hydrogen-bond donors (Lipinski definition) is 2. The SMILES string of the molecule is O=C1Nc2cc3[nH]nc(-c4ccnc(C(F)(F)F)c4)c3cc2CC(Cc2ccccc2)O1. The summed E-state index contributed by atoms with van der Waals surface area (Å²) in [5.74, 6) is 0. The summed E-state index contributed by atoms with van der Waals surface area (Å²) in [5.41, 5.74) is 2.72. The Morgan fingerprint density at radius 2 is 1.91 bits per heavy atom. The van der Waals surface area contributed by atoms with Crippen LogP contribution in [-0.4, -0.2) is 27.4 Å². The Balaban J connectivity index is 1.53. The molecule has 0 radical (unpaired) electrons. The van der Waals surface area contributed by atoms with Crippen LogP contribution >= 0.6 is 0 Å². The van der Waals surface area contributed by atoms with Crippen LogP contribution in [0.1, 0.15) is 16.8 Å². The molecule has 2 aromatic heterocycles. The molecule has 0 bridgehead atoms. The molecule has 0 fully saturated rings. The minimum atomic E-state index is -4.55. The second kappa shape index (κ2) is 7.67. The van der Waals surface area contributed by atoms with Crippen LogP contribution in [0.4, 0.5) is 23.7 Å². The summed E-state index contributed by atoms with van der Waals surface area (Å²) < 4.78 is 44.9. The number of amides is 1. The third-order valence-electron chi connectivity index (χ3n) is 5.37. The molecule has 0 aliphatic carbocycles. The number of H-pyrrole nitrogens is 1. The number of hydrogen-bond acceptors (Lipinski definition) is 4. The van der Waals surface area contributed by atoms with Crippen molar-refractivity contribution in [1.82, 2.24) is 15.2 Å². The third kappa shape index (κ3) is 3.89. The largest absolute Gasteiger partial charge is 0.445 e. The lowest BCUT2D eigenvalue weighted by molar-refractivity contribution is -0.141. The Bertz CT molecular complexity index is 1300. The van der Waals surface area contributed by atoms with Crippen molar-refractivity contribution in [3.8, 4) is 11.3 Å². The highest BCUT2D eigenvalue weighted by Crippen LogP contribution is 2.35. The average Bonchev–Trinajstić information content (AvgIpc) is 3.09. The molecule has 32 heavy (non-hydrogen) atoms. The van der Waals surface area contributed by atoms with Gasteiger partial charge in [-0.05, 0) is 35.4 Å². The van der Waals surface area contributed by atoms with E-state index in [0.29, 0.717) is 40.7 Å². The van der Waals surface area contributed by atoms with E-state index in [9.17, 15) is 18.0 Å². The number of rotatable bonds is 3. The lowest BCUT2D eigenvalue weighted by Gasteiger charge is -2.14. The molecule has 2 N–H and O–H groups in total. The maximum Gasteiger partial charge on any atom is 0.433 e. The highest BCUT2D eigenvalue weighted by molar-refractivity contribution is 5.98. The normalized spacial score (nSPS) is 16.2. The smallest absolute Gasteiger partial charge is 0.433 e. The number of pyridine rings is 1. The van der Waals surface area contributed by atoms with Crippen LogP contribution in [0.3, 0.4) is 0 Å². The predicted molar refractivity (Wildman–Crippen MR) is 112 cm³/mol. The predicted octanol–water partition coefficient (Wildman–Crippen LogP) is 5.36. The van der Waals surface area contributed by atoms with Gasteiger partial charge in [0.15, 0.2) is 0 Å². The lowest BCUT2D eigenvalue weighted by Crippen LogP contribution is -2.22. The number of carbonyl (C=O) groups is 1. The van der Waals surface area contributed by atoms with Crippen molar-refractivity contribution in [1.29, 1.82) is 0 Å². The summed E-state index contributed by atoms with van der Waals surface area (Å²) in [5, 5.41) is 10.5. The van der Waals surface area contributed by atoms with E-state index in [0.717, 1.165) is 23.4 Å². The first-order valence-corrected chi connectivity index (χ1v) is 9.93. The van der Waals surface area contributed by atoms with Gasteiger partial charge in [-0.1, -0.05) is 30.3 Å². The second-order valence-electron chi connectivity index (χ2n) is 7.60. The standard InChI is InChI=1S/C23H17F3N4O2/c24-23(25,26)20-11-14(6-7-27-20)21-17-10-15-9-16(8-13-4-2-1-3-5-13)32-22(31)28-18(15)12-19(17)29-30-21/h1-7,10-12,16H,8-9H2,(H,28,31)(H,29,30). The third-order valence-corrected chi connectivity index (χ3v) is 5.37. The van der Waals surface area contributed by atoms with Gasteiger partial charge in [0.25, 0.3) is 0 Å². The van der Waals surface area contributed by atoms with Crippen molar-refractivity contribution in [3.63, 3.8) is 0 Å². The number of aromatic nitrogens is 3. The van der Waals surface area contributed by atoms with E-state index in [-0.39, 0.29) is 6.10 Å². The fourth-order valence-corrected chi connectivity index (χ4v) is 3.92. The fourth-order valence-electron chi connectivity index (χ4n) is 3.92. The van der Waals surface area contributed by atoms with Crippen LogP contribution in [0.2, 0.25) is 0 Å². The molecule has 0 saturated heterocycles. The summed E-state index contributed by atoms with van der Waals surface area (Å²) in [7, 11) is 0. The maximum atomic E-state index is 13.1. The van der Waals surface area contributed by atoms with E-state index < -0.39 is 18.0 Å². The minimum Gasteiger partial charge on any atom is -0.445 e. The first kappa shape index (κ1) is 20.0. The highest BCUT2D eigenvalue weighted by Gasteiger charge is 2.33. The Hall–Kier alpha value is -3.88. The van der Waals surface area contributed by atoms with Gasteiger partial charge in [-0.25, -0.2) is 4.79 Å². The zero-order chi connectivity index (χ0) is 22.3. The molecule has 2 aromatic carbocycles. The van der Waals surface area contributed by atoms with E-state index in [2.05, 4.69) is 20.5 Å². The van der Waals surface area contributed by atoms with Gasteiger partial charge in [0.2, 0.25) is 0 Å². The Morgan fingerprint density at radius 3 is 2.69 bits per heavy atom. The van der Waals surface area contributed by atoms with Crippen molar-refractivity contribution >= 4 is 22.7 Å². The molecule has 6 nitrogen and oxygen atoms in total. The molecule has 1 atom stereocenters. The van der Waals surface area contributed by atoms with E-state index >= 15 is 0 Å². The first-order valence-electron chi connectivity index (χ1n) is 9.93. The molecule has 9 heteroatoms. The number of anilines is 1. The van der Waals surface area contributed by atoms with E-state index in [1.54, 1.807) is 6.07 Å². The van der Waals surface area contributed by atoms with Gasteiger partial charge in [0.1, 0.15) is 17.5 Å². The zero-order valence-corrected chi connectivity index (χ0v) is 16.6. The number of benzene rings is 2. The van der Waals surface area contributed by atoms with E-state index in [1.165, 1.54) is 6.07 Å². The van der Waals surface area contributed by atoms with Crippen molar-refractivity contribution in [2.75, 3.05) is 5.32 Å². The number of ether oxygens (including phenoxy) is 1. The van der Waals surface area contributed by atoms with Gasteiger partial charge in [-0.15, -0.1) is 0 Å². The number of nitrogens with zero attached hydrogens (tertiary/aromatic N) is 2. The van der Waals surface area contributed by atoms with Crippen molar-refractivity contribution < 1.29 is 22.7 Å². The van der Waals surface area contributed by atoms with Crippen LogP contribution in [0.15, 0.2) is 60.8 Å². The van der Waals surface area contributed by atoms with Gasteiger partial charge in [-0.2, -0.15) is 18.3 Å². The Kier molecular flexibility index (Phi) is 4.80. The first-order chi connectivity index (χ1) is 15.4. The molecule has 1 unspecified atom stereocenters. The van der Waals surface area contributed by atoms with Crippen LogP contribution < -0.4 is 5.32 Å². The lowest BCUT2D eigenvalue weighted by atomic mass is 9.98. The summed E-state index contributed by atoms with van der Waals surface area (Å²) in [6.45, 7) is 0. The Morgan fingerprint density at radius 1 is 1.09 bits per heavy atom. The maximum absolute atomic E-state index is 13.1. The number of cyclic esters (lactones) is 1. The van der Waals surface area contributed by atoms with Gasteiger partial charge in [0, 0.05) is 35.7 Å². The minimum absolute atomic E-state index is 0.299. The van der Waals surface area contributed by atoms with Crippen LogP contribution in [0.5, 0.6) is 0 Å². The van der Waals surface area contributed by atoms with Crippen LogP contribution in [0.25, 0.3) is 22.2 Å². The molecular formula is C23H17F3N4O2. The van der Waals surface area contributed by atoms with E-state index in [4.69, 9.17) is 4.74 Å². The topological polar surface area (TPSA) is 79.9 Å². The second-order valence-corrected chi connectivity index (χ2v) is 7.60. The van der Waals surface area contributed by atoms with Crippen molar-refractivity contribution in [2.24, 2.45) is 0 Å². The molecule has 1 aliphatic heterocycles. The summed E-state index contributed by atoms with van der Waals surface area (Å²) >= 11 is 0. The molecule has 1 amide bonds. The van der Waals surface area contributed by atoms with Crippen LogP contribution in [0, 0.1) is 0 Å². The number of fused-ring (bicyclic) bond motifs is 2. The van der Waals surface area contributed by atoms with Gasteiger partial charge >= 0.3 is 12.3 Å². The fraction of sp³-hybridized carbons (Fsp3) is 0.174. The van der Waals surface area contributed by atoms with Gasteiger partial charge in [-0.3, -0.25) is 15.4 Å². The molecule has 3 heterocycles. The monoisotopic (exact) mass is 438 g/mol. The molecule has 5 rings (SSSR count). The van der Waals surface area contributed by atoms with E-state index in [1.807, 2.05) is 36.4 Å². The van der Waals surface area contributed by atoms with Crippen molar-refractivity contribution in [3.05, 3.63) is 77.6 Å². The number of aromatic amines is 1. The summed E-state index contributed by atoms with van der Waals surface area (Å²) in [6.07, 6.45) is -3.37. The molecule has 4 aromatic rings. The number of halogens is 3. The Labute approximate surface area is 180 Å².